The summed E-state index contributed by atoms with van der Waals surface area (Å²) >= 11 is 1.35. The van der Waals surface area contributed by atoms with E-state index < -0.39 is 0 Å². The summed E-state index contributed by atoms with van der Waals surface area (Å²) in [6.45, 7) is 1.97. The highest BCUT2D eigenvalue weighted by atomic mass is 32.1. The highest BCUT2D eigenvalue weighted by Gasteiger charge is 2.18. The molecule has 1 aliphatic heterocycles. The quantitative estimate of drug-likeness (QED) is 0.783. The van der Waals surface area contributed by atoms with Crippen LogP contribution >= 0.6 is 11.3 Å². The zero-order chi connectivity index (χ0) is 14.4. The second kappa shape index (κ2) is 4.45. The van der Waals surface area contributed by atoms with Crippen LogP contribution in [0.25, 0.3) is 10.2 Å². The van der Waals surface area contributed by atoms with Crippen molar-refractivity contribution in [2.45, 2.75) is 6.92 Å². The topological polar surface area (TPSA) is 86.5 Å². The van der Waals surface area contributed by atoms with Crippen LogP contribution in [-0.4, -0.2) is 22.8 Å². The molecule has 1 N–H and O–H groups in total. The molecule has 0 atom stereocenters. The second-order valence-corrected chi connectivity index (χ2v) is 5.51. The number of anilines is 1. The first kappa shape index (κ1) is 12.2. The van der Waals surface area contributed by atoms with Crippen LogP contribution in [0.4, 0.5) is 5.13 Å². The fourth-order valence-electron chi connectivity index (χ4n) is 2.00. The molecule has 0 unspecified atom stereocenters. The van der Waals surface area contributed by atoms with Gasteiger partial charge in [0.25, 0.3) is 5.91 Å². The van der Waals surface area contributed by atoms with Crippen LogP contribution in [0.5, 0.6) is 11.5 Å². The zero-order valence-corrected chi connectivity index (χ0v) is 11.7. The number of thiazole rings is 1. The molecule has 2 aromatic heterocycles. The van der Waals surface area contributed by atoms with Crippen LogP contribution in [0, 0.1) is 6.92 Å². The Bertz CT molecular complexity index is 813. The van der Waals surface area contributed by atoms with Crippen LogP contribution in [0.15, 0.2) is 22.7 Å². The maximum atomic E-state index is 12.0. The summed E-state index contributed by atoms with van der Waals surface area (Å²) in [4.78, 5) is 16.3. The van der Waals surface area contributed by atoms with Crippen molar-refractivity contribution in [2.75, 3.05) is 12.1 Å². The molecule has 1 aliphatic rings. The van der Waals surface area contributed by atoms with Gasteiger partial charge in [0.15, 0.2) is 16.6 Å². The second-order valence-electron chi connectivity index (χ2n) is 4.48. The van der Waals surface area contributed by atoms with Crippen molar-refractivity contribution >= 4 is 32.6 Å². The predicted octanol–water partition coefficient (Wildman–Crippen LogP) is 2.57. The van der Waals surface area contributed by atoms with Gasteiger partial charge in [-0.15, -0.1) is 0 Å². The first-order chi connectivity index (χ1) is 10.2. The van der Waals surface area contributed by atoms with Crippen molar-refractivity contribution in [3.8, 4) is 11.5 Å². The zero-order valence-electron chi connectivity index (χ0n) is 10.9. The van der Waals surface area contributed by atoms with E-state index in [0.717, 1.165) is 10.2 Å². The third kappa shape index (κ3) is 2.09. The molecule has 3 aromatic rings. The average Bonchev–Trinajstić information content (AvgIpc) is 3.14. The highest BCUT2D eigenvalue weighted by molar-refractivity contribution is 7.22. The van der Waals surface area contributed by atoms with Crippen molar-refractivity contribution in [2.24, 2.45) is 0 Å². The molecular formula is C13H9N3O4S. The number of benzene rings is 1. The van der Waals surface area contributed by atoms with E-state index in [1.807, 2.05) is 6.07 Å². The number of rotatable bonds is 2. The fourth-order valence-corrected chi connectivity index (χ4v) is 2.87. The number of nitrogens with one attached hydrogen (secondary N) is 1. The summed E-state index contributed by atoms with van der Waals surface area (Å²) in [5.74, 6) is 1.13. The summed E-state index contributed by atoms with van der Waals surface area (Å²) < 4.78 is 16.4. The van der Waals surface area contributed by atoms with Gasteiger partial charge >= 0.3 is 0 Å². The van der Waals surface area contributed by atoms with E-state index in [4.69, 9.17) is 14.0 Å². The number of ether oxygens (including phenoxy) is 2. The van der Waals surface area contributed by atoms with Crippen molar-refractivity contribution in [3.05, 3.63) is 29.7 Å². The van der Waals surface area contributed by atoms with E-state index >= 15 is 0 Å². The highest BCUT2D eigenvalue weighted by Crippen LogP contribution is 2.38. The lowest BCUT2D eigenvalue weighted by Gasteiger charge is -1.95. The Labute approximate surface area is 122 Å². The molecule has 7 nitrogen and oxygen atoms in total. The molecule has 0 fully saturated rings. The number of carbonyl (C=O) groups excluding carboxylic acids is 1. The van der Waals surface area contributed by atoms with Gasteiger partial charge in [0.05, 0.1) is 15.9 Å². The van der Waals surface area contributed by atoms with Gasteiger partial charge in [0.2, 0.25) is 12.6 Å². The number of nitrogens with zero attached hydrogens (tertiary/aromatic N) is 2. The normalized spacial score (nSPS) is 12.8. The molecule has 1 amide bonds. The summed E-state index contributed by atoms with van der Waals surface area (Å²) in [7, 11) is 0. The molecule has 0 bridgehead atoms. The smallest absolute Gasteiger partial charge is 0.296 e. The molecule has 0 spiro atoms. The molecule has 0 saturated heterocycles. The monoisotopic (exact) mass is 303 g/mol. The molecule has 8 heteroatoms. The van der Waals surface area contributed by atoms with Crippen molar-refractivity contribution in [1.82, 2.24) is 10.1 Å². The van der Waals surface area contributed by atoms with Gasteiger partial charge in [0.1, 0.15) is 0 Å². The first-order valence-corrected chi connectivity index (χ1v) is 6.95. The van der Waals surface area contributed by atoms with Crippen LogP contribution in [-0.2, 0) is 0 Å². The molecule has 3 heterocycles. The third-order valence-corrected chi connectivity index (χ3v) is 3.89. The molecule has 21 heavy (non-hydrogen) atoms. The van der Waals surface area contributed by atoms with Gasteiger partial charge in [-0.1, -0.05) is 16.5 Å². The van der Waals surface area contributed by atoms with Crippen molar-refractivity contribution < 1.29 is 18.8 Å². The van der Waals surface area contributed by atoms with Gasteiger partial charge in [-0.25, -0.2) is 4.98 Å². The van der Waals surface area contributed by atoms with Gasteiger partial charge in [-0.05, 0) is 6.92 Å². The average molecular weight is 303 g/mol. The molecule has 0 aliphatic carbocycles. The van der Waals surface area contributed by atoms with E-state index in [2.05, 4.69) is 15.5 Å². The van der Waals surface area contributed by atoms with Gasteiger partial charge in [-0.2, -0.15) is 0 Å². The summed E-state index contributed by atoms with van der Waals surface area (Å²) in [5.41, 5.74) is 1.39. The number of carbonyl (C=O) groups is 1. The van der Waals surface area contributed by atoms with Crippen LogP contribution < -0.4 is 14.8 Å². The minimum Gasteiger partial charge on any atom is -0.454 e. The SMILES string of the molecule is Cc1cc(C(=O)Nc2nc3cc4c(cc3s2)OCO4)on1. The number of hydrogen-bond acceptors (Lipinski definition) is 7. The van der Waals surface area contributed by atoms with Crippen molar-refractivity contribution in [1.29, 1.82) is 0 Å². The molecule has 0 radical (unpaired) electrons. The Morgan fingerprint density at radius 2 is 2.10 bits per heavy atom. The molecule has 0 saturated carbocycles. The maximum Gasteiger partial charge on any atom is 0.296 e. The van der Waals surface area contributed by atoms with Crippen LogP contribution in [0.2, 0.25) is 0 Å². The van der Waals surface area contributed by atoms with E-state index in [1.165, 1.54) is 11.3 Å². The fraction of sp³-hybridized carbons (Fsp3) is 0.154. The lowest BCUT2D eigenvalue weighted by Crippen LogP contribution is -2.10. The minimum atomic E-state index is -0.380. The number of amides is 1. The van der Waals surface area contributed by atoms with Crippen LogP contribution in [0.3, 0.4) is 0 Å². The lowest BCUT2D eigenvalue weighted by molar-refractivity contribution is 0.0988. The van der Waals surface area contributed by atoms with E-state index in [0.29, 0.717) is 22.3 Å². The van der Waals surface area contributed by atoms with Gasteiger partial charge in [-0.3, -0.25) is 10.1 Å². The predicted molar refractivity (Wildman–Crippen MR) is 74.9 cm³/mol. The van der Waals surface area contributed by atoms with Gasteiger partial charge in [0, 0.05) is 18.2 Å². The van der Waals surface area contributed by atoms with Crippen LogP contribution in [0.1, 0.15) is 16.2 Å². The lowest BCUT2D eigenvalue weighted by atomic mass is 10.3. The molecular weight excluding hydrogens is 294 g/mol. The first-order valence-electron chi connectivity index (χ1n) is 6.14. The van der Waals surface area contributed by atoms with Gasteiger partial charge < -0.3 is 14.0 Å². The Morgan fingerprint density at radius 3 is 2.86 bits per heavy atom. The van der Waals surface area contributed by atoms with Crippen molar-refractivity contribution in [3.63, 3.8) is 0 Å². The summed E-state index contributed by atoms with van der Waals surface area (Å²) in [6.07, 6.45) is 0. The Kier molecular flexibility index (Phi) is 2.58. The van der Waals surface area contributed by atoms with E-state index in [-0.39, 0.29) is 18.5 Å². The largest absolute Gasteiger partial charge is 0.454 e. The number of aryl methyl sites for hydroxylation is 1. The Balaban J connectivity index is 1.64. The molecule has 106 valence electrons. The number of fused-ring (bicyclic) bond motifs is 2. The van der Waals surface area contributed by atoms with E-state index in [9.17, 15) is 4.79 Å². The molecule has 4 rings (SSSR count). The third-order valence-electron chi connectivity index (χ3n) is 2.96. The minimum absolute atomic E-state index is 0.154. The Morgan fingerprint density at radius 1 is 1.29 bits per heavy atom. The maximum absolute atomic E-state index is 12.0. The standard InChI is InChI=1S/C13H9N3O4S/c1-6-2-10(20-16-6)12(17)15-13-14-7-3-8-9(19-5-18-8)4-11(7)21-13/h2-4H,5H2,1H3,(H,14,15,17). The van der Waals surface area contributed by atoms with E-state index in [1.54, 1.807) is 19.1 Å². The summed E-state index contributed by atoms with van der Waals surface area (Å²) in [6, 6.07) is 5.21. The number of aromatic nitrogens is 2. The number of hydrogen-bond donors (Lipinski definition) is 1. The summed E-state index contributed by atoms with van der Waals surface area (Å²) in [5, 5.41) is 6.85. The molecule has 1 aromatic carbocycles. The Hall–Kier alpha value is -2.61.